The second-order valence-corrected chi connectivity index (χ2v) is 4.56. The number of rotatable bonds is 3. The summed E-state index contributed by atoms with van der Waals surface area (Å²) in [4.78, 5) is 15.5. The summed E-state index contributed by atoms with van der Waals surface area (Å²) in [5, 5.41) is 1.96. The van der Waals surface area contributed by atoms with Crippen LogP contribution < -0.4 is 16.2 Å². The third-order valence-corrected chi connectivity index (χ3v) is 3.09. The molecule has 5 heteroatoms. The number of hydrogen-bond acceptors (Lipinski definition) is 4. The number of benzene rings is 2. The Balaban J connectivity index is 2.09. The number of anilines is 1. The predicted octanol–water partition coefficient (Wildman–Crippen LogP) is 2.71. The quantitative estimate of drug-likeness (QED) is 0.771. The average Bonchev–Trinajstić information content (AvgIpc) is 2.49. The molecule has 0 spiro atoms. The predicted molar refractivity (Wildman–Crippen MR) is 81.2 cm³/mol. The van der Waals surface area contributed by atoms with Crippen LogP contribution in [-0.2, 0) is 0 Å². The Morgan fingerprint density at radius 2 is 1.86 bits per heavy atom. The number of amides is 1. The van der Waals surface area contributed by atoms with Crippen LogP contribution in [0, 0.1) is 0 Å². The molecule has 0 atom stereocenters. The number of hydrogen-bond donors (Lipinski definition) is 2. The minimum atomic E-state index is -0.634. The normalized spacial score (nSPS) is 10.5. The topological polar surface area (TPSA) is 91.2 Å². The molecule has 0 aliphatic rings. The molecule has 104 valence electrons. The minimum Gasteiger partial charge on any atom is -0.438 e. The molecule has 0 unspecified atom stereocenters. The van der Waals surface area contributed by atoms with E-state index in [0.29, 0.717) is 11.4 Å². The Morgan fingerprint density at radius 3 is 2.67 bits per heavy atom. The molecule has 0 aliphatic carbocycles. The molecule has 3 rings (SSSR count). The Hall–Kier alpha value is -3.08. The molecule has 3 aromatic rings. The van der Waals surface area contributed by atoms with Gasteiger partial charge in [-0.3, -0.25) is 4.79 Å². The van der Waals surface area contributed by atoms with Gasteiger partial charge in [-0.15, -0.1) is 0 Å². The highest BCUT2D eigenvalue weighted by molar-refractivity contribution is 5.96. The molecule has 1 heterocycles. The van der Waals surface area contributed by atoms with Gasteiger partial charge in [-0.25, -0.2) is 4.98 Å². The number of nitrogen functional groups attached to an aromatic ring is 1. The number of primary amides is 1. The van der Waals surface area contributed by atoms with Crippen LogP contribution in [-0.4, -0.2) is 10.9 Å². The third kappa shape index (κ3) is 2.49. The van der Waals surface area contributed by atoms with Gasteiger partial charge in [0, 0.05) is 5.39 Å². The molecule has 0 fully saturated rings. The van der Waals surface area contributed by atoms with E-state index in [4.69, 9.17) is 16.2 Å². The van der Waals surface area contributed by atoms with Gasteiger partial charge in [0.05, 0.1) is 11.9 Å². The smallest absolute Gasteiger partial charge is 0.254 e. The van der Waals surface area contributed by atoms with E-state index < -0.39 is 5.91 Å². The average molecular weight is 279 g/mol. The number of fused-ring (bicyclic) bond motifs is 1. The maximum absolute atomic E-state index is 11.5. The number of nitrogens with zero attached hydrogens (tertiary/aromatic N) is 1. The van der Waals surface area contributed by atoms with Crippen molar-refractivity contribution in [3.8, 4) is 11.6 Å². The number of ether oxygens (including phenoxy) is 1. The van der Waals surface area contributed by atoms with Crippen molar-refractivity contribution >= 4 is 22.4 Å². The van der Waals surface area contributed by atoms with E-state index in [1.165, 1.54) is 12.3 Å². The number of pyridine rings is 1. The zero-order valence-corrected chi connectivity index (χ0v) is 11.1. The lowest BCUT2D eigenvalue weighted by atomic mass is 10.1. The highest BCUT2D eigenvalue weighted by atomic mass is 16.5. The summed E-state index contributed by atoms with van der Waals surface area (Å²) >= 11 is 0. The van der Waals surface area contributed by atoms with Gasteiger partial charge in [-0.2, -0.15) is 0 Å². The monoisotopic (exact) mass is 279 g/mol. The molecule has 1 amide bonds. The van der Waals surface area contributed by atoms with Gasteiger partial charge in [-0.05, 0) is 17.5 Å². The minimum absolute atomic E-state index is 0.146. The van der Waals surface area contributed by atoms with Gasteiger partial charge >= 0.3 is 0 Å². The van der Waals surface area contributed by atoms with Crippen molar-refractivity contribution in [2.45, 2.75) is 0 Å². The number of aromatic nitrogens is 1. The van der Waals surface area contributed by atoms with Crippen molar-refractivity contribution in [3.63, 3.8) is 0 Å². The van der Waals surface area contributed by atoms with E-state index >= 15 is 0 Å². The first-order chi connectivity index (χ1) is 10.1. The van der Waals surface area contributed by atoms with Crippen LogP contribution in [0.4, 0.5) is 5.69 Å². The van der Waals surface area contributed by atoms with Gasteiger partial charge in [0.15, 0.2) is 0 Å². The summed E-state index contributed by atoms with van der Waals surface area (Å²) in [6.07, 6.45) is 1.42. The lowest BCUT2D eigenvalue weighted by molar-refractivity contribution is 0.0997. The van der Waals surface area contributed by atoms with Gasteiger partial charge in [0.25, 0.3) is 5.91 Å². The van der Waals surface area contributed by atoms with Crippen molar-refractivity contribution in [1.82, 2.24) is 4.98 Å². The van der Waals surface area contributed by atoms with Gasteiger partial charge in [0.1, 0.15) is 11.3 Å². The highest BCUT2D eigenvalue weighted by Gasteiger charge is 2.13. The lowest BCUT2D eigenvalue weighted by Gasteiger charge is -2.10. The second-order valence-electron chi connectivity index (χ2n) is 4.56. The molecule has 4 N–H and O–H groups in total. The molecule has 21 heavy (non-hydrogen) atoms. The fourth-order valence-electron chi connectivity index (χ4n) is 2.12. The highest BCUT2D eigenvalue weighted by Crippen LogP contribution is 2.30. The van der Waals surface area contributed by atoms with Gasteiger partial charge < -0.3 is 16.2 Å². The molecule has 2 aromatic carbocycles. The SMILES string of the molecule is NC(=O)c1cc(N)cnc1Oc1cccc2ccccc12. The van der Waals surface area contributed by atoms with E-state index in [9.17, 15) is 4.79 Å². The summed E-state index contributed by atoms with van der Waals surface area (Å²) in [7, 11) is 0. The van der Waals surface area contributed by atoms with E-state index in [-0.39, 0.29) is 11.4 Å². The maximum Gasteiger partial charge on any atom is 0.254 e. The largest absolute Gasteiger partial charge is 0.438 e. The van der Waals surface area contributed by atoms with Crippen molar-refractivity contribution in [2.24, 2.45) is 5.73 Å². The molecule has 0 saturated carbocycles. The molecule has 0 saturated heterocycles. The summed E-state index contributed by atoms with van der Waals surface area (Å²) < 4.78 is 5.77. The first-order valence-corrected chi connectivity index (χ1v) is 6.36. The lowest BCUT2D eigenvalue weighted by Crippen LogP contribution is -2.13. The Labute approximate surface area is 121 Å². The van der Waals surface area contributed by atoms with E-state index in [2.05, 4.69) is 4.98 Å². The Kier molecular flexibility index (Phi) is 3.16. The molecule has 5 nitrogen and oxygen atoms in total. The molecule has 0 radical (unpaired) electrons. The summed E-state index contributed by atoms with van der Waals surface area (Å²) in [5.41, 5.74) is 11.5. The van der Waals surface area contributed by atoms with Crippen molar-refractivity contribution in [1.29, 1.82) is 0 Å². The van der Waals surface area contributed by atoms with Crippen LogP contribution in [0.2, 0.25) is 0 Å². The number of nitrogens with two attached hydrogens (primary N) is 2. The second kappa shape index (κ2) is 5.13. The van der Waals surface area contributed by atoms with E-state index in [0.717, 1.165) is 10.8 Å². The Morgan fingerprint density at radius 1 is 1.10 bits per heavy atom. The van der Waals surface area contributed by atoms with Gasteiger partial charge in [-0.1, -0.05) is 36.4 Å². The standard InChI is InChI=1S/C16H13N3O2/c17-11-8-13(15(18)20)16(19-9-11)21-14-7-3-5-10-4-1-2-6-12(10)14/h1-9H,17H2,(H2,18,20). The molecular formula is C16H13N3O2. The summed E-state index contributed by atoms with van der Waals surface area (Å²) in [6.45, 7) is 0. The third-order valence-electron chi connectivity index (χ3n) is 3.09. The first-order valence-electron chi connectivity index (χ1n) is 6.36. The molecule has 1 aromatic heterocycles. The van der Waals surface area contributed by atoms with Crippen LogP contribution in [0.3, 0.4) is 0 Å². The summed E-state index contributed by atoms with van der Waals surface area (Å²) in [6, 6.07) is 14.9. The van der Waals surface area contributed by atoms with E-state index in [1.54, 1.807) is 0 Å². The van der Waals surface area contributed by atoms with Crippen molar-refractivity contribution in [2.75, 3.05) is 5.73 Å². The van der Waals surface area contributed by atoms with Gasteiger partial charge in [0.2, 0.25) is 5.88 Å². The number of carbonyl (C=O) groups is 1. The van der Waals surface area contributed by atoms with Crippen molar-refractivity contribution < 1.29 is 9.53 Å². The van der Waals surface area contributed by atoms with Crippen LogP contribution in [0.1, 0.15) is 10.4 Å². The van der Waals surface area contributed by atoms with Crippen LogP contribution >= 0.6 is 0 Å². The Bertz CT molecular complexity index is 825. The number of carbonyl (C=O) groups excluding carboxylic acids is 1. The fraction of sp³-hybridized carbons (Fsp3) is 0. The molecule has 0 bridgehead atoms. The van der Waals surface area contributed by atoms with E-state index in [1.807, 2.05) is 42.5 Å². The zero-order valence-electron chi connectivity index (χ0n) is 11.1. The fourth-order valence-corrected chi connectivity index (χ4v) is 2.12. The molecular weight excluding hydrogens is 266 g/mol. The summed E-state index contributed by atoms with van der Waals surface area (Å²) in [5.74, 6) is 0.117. The zero-order chi connectivity index (χ0) is 14.8. The van der Waals surface area contributed by atoms with Crippen LogP contribution in [0.15, 0.2) is 54.7 Å². The first kappa shape index (κ1) is 12.9. The maximum atomic E-state index is 11.5. The van der Waals surface area contributed by atoms with Crippen molar-refractivity contribution in [3.05, 3.63) is 60.3 Å². The van der Waals surface area contributed by atoms with Crippen LogP contribution in [0.5, 0.6) is 11.6 Å². The molecule has 0 aliphatic heterocycles. The van der Waals surface area contributed by atoms with Crippen LogP contribution in [0.25, 0.3) is 10.8 Å².